The summed E-state index contributed by atoms with van der Waals surface area (Å²) in [5.41, 5.74) is 10.6. The maximum atomic E-state index is 6.37. The van der Waals surface area contributed by atoms with Crippen molar-refractivity contribution in [1.82, 2.24) is 4.57 Å². The molecule has 0 aliphatic heterocycles. The summed E-state index contributed by atoms with van der Waals surface area (Å²) >= 11 is 6.37. The molecule has 180 valence electrons. The number of halogens is 1. The van der Waals surface area contributed by atoms with Gasteiger partial charge in [0.2, 0.25) is 0 Å². The summed E-state index contributed by atoms with van der Waals surface area (Å²) in [6, 6.07) is 51.5. The fraction of sp³-hybridized carbons (Fsp3) is 0. The topological polar surface area (TPSA) is 4.93 Å². The van der Waals surface area contributed by atoms with Gasteiger partial charge in [-0.25, -0.2) is 0 Å². The van der Waals surface area contributed by atoms with Gasteiger partial charge in [0, 0.05) is 21.4 Å². The first-order chi connectivity index (χ1) is 18.8. The zero-order valence-corrected chi connectivity index (χ0v) is 21.4. The van der Waals surface area contributed by atoms with E-state index in [1.54, 1.807) is 0 Å². The van der Waals surface area contributed by atoms with Gasteiger partial charge < -0.3 is 4.57 Å². The molecule has 0 amide bonds. The summed E-state index contributed by atoms with van der Waals surface area (Å²) in [5.74, 6) is 0. The van der Waals surface area contributed by atoms with Crippen molar-refractivity contribution in [3.8, 4) is 39.1 Å². The second kappa shape index (κ2) is 9.37. The number of aromatic nitrogens is 1. The Morgan fingerprint density at radius 2 is 0.895 bits per heavy atom. The SMILES string of the molecule is Clc1ccc(-c2c(-n3c4ccccc4c4ccccc43)ccc(-c3ccccc3)c2-c2ccccc2)cc1. The molecule has 0 aliphatic carbocycles. The van der Waals surface area contributed by atoms with Crippen molar-refractivity contribution in [2.75, 3.05) is 0 Å². The van der Waals surface area contributed by atoms with Crippen LogP contribution >= 0.6 is 11.6 Å². The predicted molar refractivity (Wildman–Crippen MR) is 162 cm³/mol. The van der Waals surface area contributed by atoms with Crippen molar-refractivity contribution in [2.45, 2.75) is 0 Å². The smallest absolute Gasteiger partial charge is 0.0547 e. The van der Waals surface area contributed by atoms with Crippen molar-refractivity contribution in [3.63, 3.8) is 0 Å². The van der Waals surface area contributed by atoms with Crippen molar-refractivity contribution < 1.29 is 0 Å². The van der Waals surface area contributed by atoms with E-state index in [-0.39, 0.29) is 0 Å². The van der Waals surface area contributed by atoms with Crippen molar-refractivity contribution in [3.05, 3.63) is 151 Å². The number of hydrogen-bond acceptors (Lipinski definition) is 0. The van der Waals surface area contributed by atoms with Gasteiger partial charge in [0.15, 0.2) is 0 Å². The molecule has 0 bridgehead atoms. The first-order valence-electron chi connectivity index (χ1n) is 12.8. The number of fused-ring (bicyclic) bond motifs is 3. The summed E-state index contributed by atoms with van der Waals surface area (Å²) < 4.78 is 2.41. The molecular formula is C36H24ClN. The van der Waals surface area contributed by atoms with E-state index in [0.29, 0.717) is 0 Å². The molecule has 0 radical (unpaired) electrons. The molecule has 0 fully saturated rings. The standard InChI is InChI=1S/C36H24ClN/c37-28-21-19-27(20-22-28)36-34(38-32-17-9-7-15-30(32)31-16-8-10-18-33(31)38)24-23-29(25-11-3-1-4-12-25)35(36)26-13-5-2-6-14-26/h1-24H. The lowest BCUT2D eigenvalue weighted by molar-refractivity contribution is 1.18. The molecule has 38 heavy (non-hydrogen) atoms. The van der Waals surface area contributed by atoms with Crippen molar-refractivity contribution in [1.29, 1.82) is 0 Å². The van der Waals surface area contributed by atoms with Crippen LogP contribution in [0.4, 0.5) is 0 Å². The molecule has 0 saturated carbocycles. The normalized spacial score (nSPS) is 11.3. The summed E-state index contributed by atoms with van der Waals surface area (Å²) in [6.07, 6.45) is 0. The average molecular weight is 506 g/mol. The van der Waals surface area contributed by atoms with Crippen LogP contribution in [-0.4, -0.2) is 4.57 Å². The third-order valence-electron chi connectivity index (χ3n) is 7.28. The fourth-order valence-electron chi connectivity index (χ4n) is 5.63. The Labute approximate surface area is 227 Å². The predicted octanol–water partition coefficient (Wildman–Crippen LogP) is 10.4. The van der Waals surface area contributed by atoms with Crippen LogP contribution in [0.3, 0.4) is 0 Å². The van der Waals surface area contributed by atoms with E-state index in [1.165, 1.54) is 49.6 Å². The second-order valence-corrected chi connectivity index (χ2v) is 9.93. The minimum Gasteiger partial charge on any atom is -0.309 e. The lowest BCUT2D eigenvalue weighted by Gasteiger charge is -2.22. The minimum atomic E-state index is 0.729. The summed E-state index contributed by atoms with van der Waals surface area (Å²) in [6.45, 7) is 0. The van der Waals surface area contributed by atoms with E-state index in [2.05, 4.69) is 138 Å². The lowest BCUT2D eigenvalue weighted by Crippen LogP contribution is -2.01. The molecule has 2 heteroatoms. The molecule has 0 N–H and O–H groups in total. The Hall–Kier alpha value is -4.59. The van der Waals surface area contributed by atoms with E-state index >= 15 is 0 Å². The molecule has 7 rings (SSSR count). The molecule has 1 heterocycles. The molecule has 1 nitrogen and oxygen atoms in total. The Balaban J connectivity index is 1.67. The minimum absolute atomic E-state index is 0.729. The van der Waals surface area contributed by atoms with Gasteiger partial charge in [0.05, 0.1) is 16.7 Å². The summed E-state index contributed by atoms with van der Waals surface area (Å²) in [4.78, 5) is 0. The van der Waals surface area contributed by atoms with Gasteiger partial charge in [-0.3, -0.25) is 0 Å². The second-order valence-electron chi connectivity index (χ2n) is 9.49. The van der Waals surface area contributed by atoms with Gasteiger partial charge in [-0.2, -0.15) is 0 Å². The summed E-state index contributed by atoms with van der Waals surface area (Å²) in [5, 5.41) is 3.23. The monoisotopic (exact) mass is 505 g/mol. The highest BCUT2D eigenvalue weighted by Gasteiger charge is 2.21. The molecule has 0 saturated heterocycles. The van der Waals surface area contributed by atoms with Gasteiger partial charge in [-0.1, -0.05) is 127 Å². The van der Waals surface area contributed by atoms with E-state index in [0.717, 1.165) is 16.3 Å². The Kier molecular flexibility index (Phi) is 5.57. The van der Waals surface area contributed by atoms with E-state index in [4.69, 9.17) is 11.6 Å². The van der Waals surface area contributed by atoms with E-state index < -0.39 is 0 Å². The maximum absolute atomic E-state index is 6.37. The number of nitrogens with zero attached hydrogens (tertiary/aromatic N) is 1. The van der Waals surface area contributed by atoms with Crippen LogP contribution in [0.1, 0.15) is 0 Å². The van der Waals surface area contributed by atoms with Crippen LogP contribution in [0, 0.1) is 0 Å². The highest BCUT2D eigenvalue weighted by atomic mass is 35.5. The first-order valence-corrected chi connectivity index (χ1v) is 13.2. The number of benzene rings is 6. The van der Waals surface area contributed by atoms with Gasteiger partial charge in [0.1, 0.15) is 0 Å². The Bertz CT molecular complexity index is 1850. The van der Waals surface area contributed by atoms with Gasteiger partial charge in [-0.05, 0) is 58.1 Å². The highest BCUT2D eigenvalue weighted by molar-refractivity contribution is 6.30. The van der Waals surface area contributed by atoms with Crippen molar-refractivity contribution in [2.24, 2.45) is 0 Å². The lowest BCUT2D eigenvalue weighted by atomic mass is 9.86. The third-order valence-corrected chi connectivity index (χ3v) is 7.54. The van der Waals surface area contributed by atoms with Crippen LogP contribution < -0.4 is 0 Å². The van der Waals surface area contributed by atoms with Crippen LogP contribution in [-0.2, 0) is 0 Å². The summed E-state index contributed by atoms with van der Waals surface area (Å²) in [7, 11) is 0. The molecular weight excluding hydrogens is 482 g/mol. The average Bonchev–Trinajstić information content (AvgIpc) is 3.32. The van der Waals surface area contributed by atoms with Crippen LogP contribution in [0.5, 0.6) is 0 Å². The molecule has 1 aromatic heterocycles. The molecule has 6 aromatic carbocycles. The zero-order valence-electron chi connectivity index (χ0n) is 20.7. The molecule has 7 aromatic rings. The van der Waals surface area contributed by atoms with Crippen LogP contribution in [0.15, 0.2) is 146 Å². The first kappa shape index (κ1) is 22.6. The number of rotatable bonds is 4. The molecule has 0 spiro atoms. The molecule has 0 aliphatic rings. The quantitative estimate of drug-likeness (QED) is 0.224. The zero-order chi connectivity index (χ0) is 25.5. The van der Waals surface area contributed by atoms with E-state index in [1.807, 2.05) is 12.1 Å². The maximum Gasteiger partial charge on any atom is 0.0547 e. The third kappa shape index (κ3) is 3.72. The van der Waals surface area contributed by atoms with Gasteiger partial charge >= 0.3 is 0 Å². The van der Waals surface area contributed by atoms with E-state index in [9.17, 15) is 0 Å². The van der Waals surface area contributed by atoms with Crippen molar-refractivity contribution >= 4 is 33.4 Å². The molecule has 0 unspecified atom stereocenters. The van der Waals surface area contributed by atoms with Gasteiger partial charge in [-0.15, -0.1) is 0 Å². The highest BCUT2D eigenvalue weighted by Crippen LogP contribution is 2.45. The number of para-hydroxylation sites is 2. The van der Waals surface area contributed by atoms with Crippen LogP contribution in [0.25, 0.3) is 60.9 Å². The fourth-order valence-corrected chi connectivity index (χ4v) is 5.76. The van der Waals surface area contributed by atoms with Crippen LogP contribution in [0.2, 0.25) is 5.02 Å². The van der Waals surface area contributed by atoms with Gasteiger partial charge in [0.25, 0.3) is 0 Å². The number of hydrogen-bond donors (Lipinski definition) is 0. The largest absolute Gasteiger partial charge is 0.309 e. The Morgan fingerprint density at radius 1 is 0.395 bits per heavy atom. The molecule has 0 atom stereocenters. The Morgan fingerprint density at radius 3 is 1.50 bits per heavy atom.